The van der Waals surface area contributed by atoms with Crippen molar-refractivity contribution in [3.05, 3.63) is 30.1 Å². The summed E-state index contributed by atoms with van der Waals surface area (Å²) in [6.07, 6.45) is 8.85. The van der Waals surface area contributed by atoms with Crippen molar-refractivity contribution < 1.29 is 5.11 Å². The van der Waals surface area contributed by atoms with Gasteiger partial charge in [-0.25, -0.2) is 0 Å². The van der Waals surface area contributed by atoms with E-state index < -0.39 is 0 Å². The van der Waals surface area contributed by atoms with Gasteiger partial charge in [-0.15, -0.1) is 0 Å². The summed E-state index contributed by atoms with van der Waals surface area (Å²) in [4.78, 5) is 6.42. The summed E-state index contributed by atoms with van der Waals surface area (Å²) in [5, 5.41) is 9.41. The Morgan fingerprint density at radius 2 is 2.21 bits per heavy atom. The first kappa shape index (κ1) is 14.4. The molecule has 1 aromatic heterocycles. The van der Waals surface area contributed by atoms with Crippen molar-refractivity contribution in [1.82, 2.24) is 9.88 Å². The second-order valence-electron chi connectivity index (χ2n) is 5.86. The molecule has 1 heterocycles. The van der Waals surface area contributed by atoms with Crippen molar-refractivity contribution in [2.75, 3.05) is 20.2 Å². The largest absolute Gasteiger partial charge is 0.394 e. The lowest BCUT2D eigenvalue weighted by molar-refractivity contribution is 0.0951. The quantitative estimate of drug-likeness (QED) is 0.837. The van der Waals surface area contributed by atoms with E-state index in [1.54, 1.807) is 0 Å². The molecule has 2 rings (SSSR count). The molecule has 0 bridgehead atoms. The van der Waals surface area contributed by atoms with Crippen LogP contribution in [0.1, 0.15) is 31.2 Å². The monoisotopic (exact) mass is 263 g/mol. The minimum absolute atomic E-state index is 0.0989. The molecule has 0 aromatic carbocycles. The number of likely N-dealkylation sites (N-methyl/N-ethyl adjacent to an activating group) is 1. The van der Waals surface area contributed by atoms with E-state index >= 15 is 0 Å². The maximum atomic E-state index is 9.41. The zero-order chi connectivity index (χ0) is 13.7. The lowest BCUT2D eigenvalue weighted by Crippen LogP contribution is -2.52. The highest BCUT2D eigenvalue weighted by Gasteiger charge is 2.33. The first-order valence-electron chi connectivity index (χ1n) is 7.12. The average molecular weight is 263 g/mol. The molecule has 2 unspecified atom stereocenters. The zero-order valence-electron chi connectivity index (χ0n) is 11.8. The molecule has 0 amide bonds. The van der Waals surface area contributed by atoms with Gasteiger partial charge in [0.1, 0.15) is 0 Å². The highest BCUT2D eigenvalue weighted by atomic mass is 16.3. The van der Waals surface area contributed by atoms with Crippen molar-refractivity contribution in [3.8, 4) is 0 Å². The van der Waals surface area contributed by atoms with E-state index in [1.165, 1.54) is 12.0 Å². The average Bonchev–Trinajstić information content (AvgIpc) is 2.46. The maximum absolute atomic E-state index is 9.41. The lowest BCUT2D eigenvalue weighted by Gasteiger charge is -2.40. The number of aromatic nitrogens is 1. The fourth-order valence-corrected chi connectivity index (χ4v) is 2.92. The lowest BCUT2D eigenvalue weighted by atomic mass is 9.80. The number of aliphatic hydroxyl groups excluding tert-OH is 1. The molecule has 0 aliphatic heterocycles. The minimum atomic E-state index is -0.367. The fraction of sp³-hybridized carbons (Fsp3) is 0.667. The summed E-state index contributed by atoms with van der Waals surface area (Å²) in [6, 6.07) is 4.62. The summed E-state index contributed by atoms with van der Waals surface area (Å²) >= 11 is 0. The Balaban J connectivity index is 1.84. The van der Waals surface area contributed by atoms with Crippen LogP contribution in [0.25, 0.3) is 0 Å². The van der Waals surface area contributed by atoms with Crippen LogP contribution in [0, 0.1) is 0 Å². The number of pyridine rings is 1. The van der Waals surface area contributed by atoms with E-state index in [1.807, 2.05) is 12.4 Å². The first-order chi connectivity index (χ1) is 9.13. The van der Waals surface area contributed by atoms with Crippen LogP contribution in [-0.4, -0.2) is 46.8 Å². The summed E-state index contributed by atoms with van der Waals surface area (Å²) in [5.41, 5.74) is 7.16. The Labute approximate surface area is 115 Å². The van der Waals surface area contributed by atoms with E-state index in [-0.39, 0.29) is 12.1 Å². The van der Waals surface area contributed by atoms with E-state index in [0.29, 0.717) is 6.04 Å². The van der Waals surface area contributed by atoms with Crippen LogP contribution < -0.4 is 5.73 Å². The second-order valence-corrected chi connectivity index (χ2v) is 5.86. The van der Waals surface area contributed by atoms with E-state index in [4.69, 9.17) is 5.73 Å². The fourth-order valence-electron chi connectivity index (χ4n) is 2.92. The van der Waals surface area contributed by atoms with Gasteiger partial charge in [-0.1, -0.05) is 0 Å². The first-order valence-corrected chi connectivity index (χ1v) is 7.12. The van der Waals surface area contributed by atoms with Crippen molar-refractivity contribution in [3.63, 3.8) is 0 Å². The van der Waals surface area contributed by atoms with Gasteiger partial charge in [0.05, 0.1) is 6.61 Å². The number of hydrogen-bond donors (Lipinski definition) is 2. The highest BCUT2D eigenvalue weighted by molar-refractivity contribution is 5.10. The van der Waals surface area contributed by atoms with Gasteiger partial charge in [-0.05, 0) is 56.8 Å². The maximum Gasteiger partial charge on any atom is 0.0611 e. The normalized spacial score (nSPS) is 27.7. The van der Waals surface area contributed by atoms with Gasteiger partial charge in [0.2, 0.25) is 0 Å². The summed E-state index contributed by atoms with van der Waals surface area (Å²) in [6.45, 7) is 1.12. The molecule has 1 saturated carbocycles. The van der Waals surface area contributed by atoms with Crippen LogP contribution in [0.15, 0.2) is 24.5 Å². The number of nitrogens with two attached hydrogens (primary N) is 1. The van der Waals surface area contributed by atoms with Crippen LogP contribution in [-0.2, 0) is 6.42 Å². The third-order valence-electron chi connectivity index (χ3n) is 4.29. The predicted octanol–water partition coefficient (Wildman–Crippen LogP) is 1.19. The van der Waals surface area contributed by atoms with Gasteiger partial charge in [0.15, 0.2) is 0 Å². The third kappa shape index (κ3) is 4.00. The Morgan fingerprint density at radius 3 is 2.89 bits per heavy atom. The Morgan fingerprint density at radius 1 is 1.47 bits per heavy atom. The molecule has 1 aliphatic carbocycles. The number of nitrogens with zero attached hydrogens (tertiary/aromatic N) is 2. The number of hydrogen-bond acceptors (Lipinski definition) is 4. The highest BCUT2D eigenvalue weighted by Crippen LogP contribution is 2.28. The molecular formula is C15H25N3O. The molecule has 0 spiro atoms. The molecule has 4 heteroatoms. The van der Waals surface area contributed by atoms with Crippen molar-refractivity contribution >= 4 is 0 Å². The van der Waals surface area contributed by atoms with Crippen LogP contribution in [0.5, 0.6) is 0 Å². The summed E-state index contributed by atoms with van der Waals surface area (Å²) in [5.74, 6) is 0. The molecular weight excluding hydrogens is 238 g/mol. The van der Waals surface area contributed by atoms with Crippen LogP contribution in [0.2, 0.25) is 0 Å². The van der Waals surface area contributed by atoms with Crippen LogP contribution in [0.4, 0.5) is 0 Å². The smallest absolute Gasteiger partial charge is 0.0611 e. The molecule has 2 atom stereocenters. The zero-order valence-corrected chi connectivity index (χ0v) is 11.8. The van der Waals surface area contributed by atoms with Crippen molar-refractivity contribution in [2.24, 2.45) is 5.73 Å². The van der Waals surface area contributed by atoms with Crippen molar-refractivity contribution in [1.29, 1.82) is 0 Å². The second kappa shape index (κ2) is 6.46. The SMILES string of the molecule is CN(CCc1ccncc1)C1CCCC(N)(CO)C1. The minimum Gasteiger partial charge on any atom is -0.394 e. The molecule has 1 aromatic rings. The standard InChI is InChI=1S/C15H25N3O/c1-18(10-6-13-4-8-17-9-5-13)14-3-2-7-15(16,11-14)12-19/h4-5,8-9,14,19H,2-3,6-7,10-12,16H2,1H3. The Bertz CT molecular complexity index is 384. The van der Waals surface area contributed by atoms with Gasteiger partial charge >= 0.3 is 0 Å². The molecule has 3 N–H and O–H groups in total. The molecule has 0 radical (unpaired) electrons. The van der Waals surface area contributed by atoms with Crippen LogP contribution in [0.3, 0.4) is 0 Å². The third-order valence-corrected chi connectivity index (χ3v) is 4.29. The summed E-state index contributed by atoms with van der Waals surface area (Å²) in [7, 11) is 2.16. The molecule has 106 valence electrons. The molecule has 0 saturated heterocycles. The molecule has 19 heavy (non-hydrogen) atoms. The number of rotatable bonds is 5. The molecule has 4 nitrogen and oxygen atoms in total. The van der Waals surface area contributed by atoms with Crippen LogP contribution >= 0.6 is 0 Å². The van der Waals surface area contributed by atoms with E-state index in [2.05, 4.69) is 29.1 Å². The van der Waals surface area contributed by atoms with Gasteiger partial charge in [0, 0.05) is 30.5 Å². The Hall–Kier alpha value is -0.970. The van der Waals surface area contributed by atoms with Gasteiger partial charge in [0.25, 0.3) is 0 Å². The molecule has 1 aliphatic rings. The Kier molecular flexibility index (Phi) is 4.91. The van der Waals surface area contributed by atoms with Crippen molar-refractivity contribution in [2.45, 2.75) is 43.7 Å². The predicted molar refractivity (Wildman–Crippen MR) is 76.8 cm³/mol. The van der Waals surface area contributed by atoms with E-state index in [0.717, 1.165) is 32.2 Å². The number of aliphatic hydroxyl groups is 1. The van der Waals surface area contributed by atoms with Gasteiger partial charge in [-0.3, -0.25) is 4.98 Å². The summed E-state index contributed by atoms with van der Waals surface area (Å²) < 4.78 is 0. The van der Waals surface area contributed by atoms with Gasteiger partial charge in [-0.2, -0.15) is 0 Å². The topological polar surface area (TPSA) is 62.4 Å². The van der Waals surface area contributed by atoms with Gasteiger partial charge < -0.3 is 15.7 Å². The molecule has 1 fully saturated rings. The van der Waals surface area contributed by atoms with E-state index in [9.17, 15) is 5.11 Å².